The van der Waals surface area contributed by atoms with Crippen LogP contribution >= 0.6 is 11.3 Å². The van der Waals surface area contributed by atoms with Gasteiger partial charge in [0.15, 0.2) is 5.82 Å². The molecule has 2 aromatic heterocycles. The van der Waals surface area contributed by atoms with E-state index in [1.54, 1.807) is 11.3 Å². The van der Waals surface area contributed by atoms with Crippen LogP contribution in [0.2, 0.25) is 0 Å². The van der Waals surface area contributed by atoms with E-state index in [0.29, 0.717) is 11.7 Å². The maximum absolute atomic E-state index is 12.7. The van der Waals surface area contributed by atoms with E-state index in [0.717, 1.165) is 43.6 Å². The molecule has 0 N–H and O–H groups in total. The van der Waals surface area contributed by atoms with Gasteiger partial charge in [0.2, 0.25) is 5.89 Å². The van der Waals surface area contributed by atoms with E-state index in [2.05, 4.69) is 30.1 Å². The number of thiophene rings is 1. The Bertz CT molecular complexity index is 684. The Kier molecular flexibility index (Phi) is 4.80. The second-order valence-corrected chi connectivity index (χ2v) is 7.44. The smallest absolute Gasteiger partial charge is 0.263 e. The van der Waals surface area contributed by atoms with Crippen LogP contribution < -0.4 is 0 Å². The van der Waals surface area contributed by atoms with Crippen molar-refractivity contribution in [2.75, 3.05) is 13.1 Å². The predicted molar refractivity (Wildman–Crippen MR) is 90.0 cm³/mol. The summed E-state index contributed by atoms with van der Waals surface area (Å²) in [7, 11) is 0. The second kappa shape index (κ2) is 6.83. The molecule has 1 amide bonds. The quantitative estimate of drug-likeness (QED) is 0.855. The normalized spacial score (nSPS) is 16.0. The van der Waals surface area contributed by atoms with Crippen LogP contribution in [-0.4, -0.2) is 34.0 Å². The molecule has 0 spiro atoms. The van der Waals surface area contributed by atoms with E-state index in [1.165, 1.54) is 10.4 Å². The minimum atomic E-state index is 0.167. The summed E-state index contributed by atoms with van der Waals surface area (Å²) in [6.45, 7) is 7.62. The molecule has 124 valence electrons. The molecule has 0 aromatic carbocycles. The molecule has 1 saturated heterocycles. The van der Waals surface area contributed by atoms with Gasteiger partial charge in [-0.15, -0.1) is 11.3 Å². The monoisotopic (exact) mass is 333 g/mol. The molecule has 0 saturated carbocycles. The van der Waals surface area contributed by atoms with Crippen LogP contribution in [0.3, 0.4) is 0 Å². The fraction of sp³-hybridized carbons (Fsp3) is 0.588. The number of carbonyl (C=O) groups is 1. The van der Waals surface area contributed by atoms with Crippen LogP contribution in [0.4, 0.5) is 0 Å². The molecular formula is C17H23N3O2S. The molecule has 23 heavy (non-hydrogen) atoms. The van der Waals surface area contributed by atoms with Gasteiger partial charge in [-0.3, -0.25) is 4.79 Å². The molecular weight excluding hydrogens is 310 g/mol. The summed E-state index contributed by atoms with van der Waals surface area (Å²) in [4.78, 5) is 21.1. The Morgan fingerprint density at radius 1 is 1.39 bits per heavy atom. The van der Waals surface area contributed by atoms with Crippen LogP contribution in [0.25, 0.3) is 0 Å². The van der Waals surface area contributed by atoms with Gasteiger partial charge < -0.3 is 9.42 Å². The van der Waals surface area contributed by atoms with Gasteiger partial charge in [-0.2, -0.15) is 4.98 Å². The number of piperidine rings is 1. The summed E-state index contributed by atoms with van der Waals surface area (Å²) in [6, 6.07) is 2.08. The molecule has 0 unspecified atom stereocenters. The molecule has 5 nitrogen and oxygen atoms in total. The summed E-state index contributed by atoms with van der Waals surface area (Å²) >= 11 is 1.62. The lowest BCUT2D eigenvalue weighted by atomic mass is 9.96. The highest BCUT2D eigenvalue weighted by Crippen LogP contribution is 2.29. The van der Waals surface area contributed by atoms with Gasteiger partial charge in [0, 0.05) is 23.9 Å². The third-order valence-electron chi connectivity index (χ3n) is 4.43. The molecule has 1 aliphatic heterocycles. The number of aryl methyl sites for hydroxylation is 3. The third-order valence-corrected chi connectivity index (χ3v) is 5.51. The van der Waals surface area contributed by atoms with Gasteiger partial charge >= 0.3 is 0 Å². The highest BCUT2D eigenvalue weighted by Gasteiger charge is 2.28. The first-order valence-corrected chi connectivity index (χ1v) is 9.09. The minimum Gasteiger partial charge on any atom is -0.339 e. The molecule has 6 heteroatoms. The highest BCUT2D eigenvalue weighted by molar-refractivity contribution is 7.14. The lowest BCUT2D eigenvalue weighted by Crippen LogP contribution is -2.37. The third kappa shape index (κ3) is 3.47. The van der Waals surface area contributed by atoms with Crippen LogP contribution in [0.1, 0.15) is 63.9 Å². The van der Waals surface area contributed by atoms with Gasteiger partial charge in [-0.05, 0) is 44.7 Å². The topological polar surface area (TPSA) is 59.2 Å². The van der Waals surface area contributed by atoms with Crippen LogP contribution in [-0.2, 0) is 6.42 Å². The molecule has 2 aromatic rings. The van der Waals surface area contributed by atoms with Crippen molar-refractivity contribution in [1.82, 2.24) is 15.0 Å². The number of rotatable bonds is 4. The number of amides is 1. The van der Waals surface area contributed by atoms with Crippen molar-refractivity contribution < 1.29 is 9.32 Å². The maximum Gasteiger partial charge on any atom is 0.263 e. The summed E-state index contributed by atoms with van der Waals surface area (Å²) < 4.78 is 5.27. The summed E-state index contributed by atoms with van der Waals surface area (Å²) in [6.07, 6.45) is 3.94. The molecule has 0 atom stereocenters. The van der Waals surface area contributed by atoms with Crippen molar-refractivity contribution in [1.29, 1.82) is 0 Å². The van der Waals surface area contributed by atoms with Gasteiger partial charge in [0.1, 0.15) is 0 Å². The Morgan fingerprint density at radius 3 is 2.74 bits per heavy atom. The summed E-state index contributed by atoms with van der Waals surface area (Å²) in [5.74, 6) is 1.84. The van der Waals surface area contributed by atoms with Crippen molar-refractivity contribution in [2.45, 2.75) is 52.4 Å². The zero-order chi connectivity index (χ0) is 16.4. The first-order chi connectivity index (χ1) is 11.1. The maximum atomic E-state index is 12.7. The fourth-order valence-electron chi connectivity index (χ4n) is 3.11. The van der Waals surface area contributed by atoms with Gasteiger partial charge in [-0.1, -0.05) is 18.5 Å². The van der Waals surface area contributed by atoms with Crippen molar-refractivity contribution in [3.05, 3.63) is 33.1 Å². The average Bonchev–Trinajstić information content (AvgIpc) is 3.14. The largest absolute Gasteiger partial charge is 0.339 e. The number of nitrogens with zero attached hydrogens (tertiary/aromatic N) is 3. The van der Waals surface area contributed by atoms with Crippen molar-refractivity contribution in [3.63, 3.8) is 0 Å². The number of carbonyl (C=O) groups excluding carboxylic acids is 1. The number of likely N-dealkylation sites (tertiary alicyclic amines) is 1. The molecule has 1 fully saturated rings. The Balaban J connectivity index is 1.63. The minimum absolute atomic E-state index is 0.167. The molecule has 3 heterocycles. The summed E-state index contributed by atoms with van der Waals surface area (Å²) in [5, 5.41) is 3.86. The first kappa shape index (κ1) is 16.2. The zero-order valence-electron chi connectivity index (χ0n) is 14.0. The fourth-order valence-corrected chi connectivity index (χ4v) is 4.15. The number of aromatic nitrogens is 2. The number of hydrogen-bond acceptors (Lipinski definition) is 5. The van der Waals surface area contributed by atoms with E-state index in [1.807, 2.05) is 11.8 Å². The van der Waals surface area contributed by atoms with Gasteiger partial charge in [0.05, 0.1) is 4.88 Å². The Labute approximate surface area is 140 Å². The molecule has 0 aliphatic carbocycles. The van der Waals surface area contributed by atoms with E-state index in [4.69, 9.17) is 4.52 Å². The Morgan fingerprint density at radius 2 is 2.13 bits per heavy atom. The van der Waals surface area contributed by atoms with E-state index < -0.39 is 0 Å². The van der Waals surface area contributed by atoms with Crippen molar-refractivity contribution in [3.8, 4) is 0 Å². The lowest BCUT2D eigenvalue weighted by molar-refractivity contribution is 0.0709. The average molecular weight is 333 g/mol. The van der Waals surface area contributed by atoms with Crippen molar-refractivity contribution >= 4 is 17.2 Å². The van der Waals surface area contributed by atoms with E-state index in [9.17, 15) is 4.79 Å². The van der Waals surface area contributed by atoms with Crippen LogP contribution in [0.15, 0.2) is 10.6 Å². The Hall–Kier alpha value is -1.69. The van der Waals surface area contributed by atoms with E-state index >= 15 is 0 Å². The van der Waals surface area contributed by atoms with E-state index in [-0.39, 0.29) is 11.8 Å². The lowest BCUT2D eigenvalue weighted by Gasteiger charge is -2.30. The molecule has 1 aliphatic rings. The SMILES string of the molecule is CCCc1cc(C(=O)N2CCC(c3nc(C)no3)CC2)sc1C. The van der Waals surface area contributed by atoms with Crippen LogP contribution in [0, 0.1) is 13.8 Å². The second-order valence-electron chi connectivity index (χ2n) is 6.19. The highest BCUT2D eigenvalue weighted by atomic mass is 32.1. The van der Waals surface area contributed by atoms with Crippen LogP contribution in [0.5, 0.6) is 0 Å². The molecule has 3 rings (SSSR count). The zero-order valence-corrected chi connectivity index (χ0v) is 14.8. The summed E-state index contributed by atoms with van der Waals surface area (Å²) in [5.41, 5.74) is 1.32. The van der Waals surface area contributed by atoms with Gasteiger partial charge in [-0.25, -0.2) is 0 Å². The van der Waals surface area contributed by atoms with Gasteiger partial charge in [0.25, 0.3) is 5.91 Å². The molecule has 0 bridgehead atoms. The van der Waals surface area contributed by atoms with Crippen molar-refractivity contribution in [2.24, 2.45) is 0 Å². The first-order valence-electron chi connectivity index (χ1n) is 8.27. The standard InChI is InChI=1S/C17H23N3O2S/c1-4-5-14-10-15(23-11(14)2)17(21)20-8-6-13(7-9-20)16-18-12(3)19-22-16/h10,13H,4-9H2,1-3H3. The predicted octanol–water partition coefficient (Wildman–Crippen LogP) is 3.72. The number of hydrogen-bond donors (Lipinski definition) is 0. The molecule has 0 radical (unpaired) electrons.